The smallest absolute Gasteiger partial charge is 0.147 e. The fourth-order valence-corrected chi connectivity index (χ4v) is 4.38. The number of nitrogens with zero attached hydrogens (tertiary/aromatic N) is 3. The maximum absolute atomic E-state index is 6.06. The van der Waals surface area contributed by atoms with Gasteiger partial charge in [-0.2, -0.15) is 4.37 Å². The largest absolute Gasteiger partial charge is 0.382 e. The van der Waals surface area contributed by atoms with Crippen molar-refractivity contribution in [3.8, 4) is 11.1 Å². The van der Waals surface area contributed by atoms with Crippen molar-refractivity contribution >= 4 is 49.6 Å². The molecular weight excluding hydrogens is 368 g/mol. The second-order valence-corrected chi connectivity index (χ2v) is 7.23. The van der Waals surface area contributed by atoms with E-state index in [0.717, 1.165) is 27.1 Å². The molecule has 3 aromatic rings. The molecular formula is C14H13BrN4S2. The van der Waals surface area contributed by atoms with Gasteiger partial charge in [-0.1, -0.05) is 0 Å². The van der Waals surface area contributed by atoms with Crippen LogP contribution in [0.15, 0.2) is 40.4 Å². The molecule has 0 aromatic carbocycles. The van der Waals surface area contributed by atoms with Crippen LogP contribution in [0, 0.1) is 0 Å². The summed E-state index contributed by atoms with van der Waals surface area (Å²) in [5.41, 5.74) is 8.09. The highest BCUT2D eigenvalue weighted by Crippen LogP contribution is 2.39. The molecule has 7 heteroatoms. The van der Waals surface area contributed by atoms with Gasteiger partial charge in [0.05, 0.1) is 12.1 Å². The molecule has 0 amide bonds. The number of pyridine rings is 1. The van der Waals surface area contributed by atoms with Gasteiger partial charge < -0.3 is 10.6 Å². The second-order valence-electron chi connectivity index (χ2n) is 4.57. The van der Waals surface area contributed by atoms with E-state index >= 15 is 0 Å². The van der Waals surface area contributed by atoms with Crippen LogP contribution in [0.25, 0.3) is 11.1 Å². The van der Waals surface area contributed by atoms with Crippen LogP contribution in [-0.2, 0) is 6.54 Å². The van der Waals surface area contributed by atoms with Crippen molar-refractivity contribution in [2.75, 3.05) is 17.7 Å². The maximum atomic E-state index is 6.06. The Morgan fingerprint density at radius 3 is 2.76 bits per heavy atom. The Kier molecular flexibility index (Phi) is 4.23. The molecule has 0 bridgehead atoms. The number of thiophene rings is 1. The zero-order valence-electron chi connectivity index (χ0n) is 11.3. The first-order chi connectivity index (χ1) is 10.1. The lowest BCUT2D eigenvalue weighted by Crippen LogP contribution is -2.15. The van der Waals surface area contributed by atoms with E-state index in [1.807, 2.05) is 12.1 Å². The van der Waals surface area contributed by atoms with E-state index in [1.165, 1.54) is 16.4 Å². The molecule has 4 nitrogen and oxygen atoms in total. The maximum Gasteiger partial charge on any atom is 0.147 e. The summed E-state index contributed by atoms with van der Waals surface area (Å²) in [5, 5.41) is 3.16. The van der Waals surface area contributed by atoms with E-state index in [9.17, 15) is 0 Å². The Balaban J connectivity index is 1.92. The standard InChI is InChI=1S/C14H13BrN4S2/c1-19(7-11-6-10(15)8-20-11)14-12(13(16)18-21-14)9-2-4-17-5-3-9/h2-6,8H,7H2,1H3,(H2,16,18). The highest BCUT2D eigenvalue weighted by Gasteiger charge is 2.17. The lowest BCUT2D eigenvalue weighted by atomic mass is 10.1. The Labute approximate surface area is 139 Å². The fraction of sp³-hybridized carbons (Fsp3) is 0.143. The summed E-state index contributed by atoms with van der Waals surface area (Å²) in [6.07, 6.45) is 3.54. The molecule has 0 saturated heterocycles. The van der Waals surface area contributed by atoms with Gasteiger partial charge in [-0.3, -0.25) is 4.98 Å². The van der Waals surface area contributed by atoms with Gasteiger partial charge in [0.25, 0.3) is 0 Å². The summed E-state index contributed by atoms with van der Waals surface area (Å²) >= 11 is 6.65. The molecule has 3 rings (SSSR count). The molecule has 0 fully saturated rings. The first kappa shape index (κ1) is 14.5. The molecule has 0 atom stereocenters. The number of nitrogen functional groups attached to an aromatic ring is 1. The molecule has 0 aliphatic rings. The molecule has 0 aliphatic carbocycles. The fourth-order valence-electron chi connectivity index (χ4n) is 2.09. The SMILES string of the molecule is CN(Cc1cc(Br)cs1)c1snc(N)c1-c1ccncc1. The summed E-state index contributed by atoms with van der Waals surface area (Å²) in [6.45, 7) is 0.829. The number of halogens is 1. The van der Waals surface area contributed by atoms with Crippen LogP contribution in [-0.4, -0.2) is 16.4 Å². The van der Waals surface area contributed by atoms with E-state index in [4.69, 9.17) is 5.73 Å². The van der Waals surface area contributed by atoms with E-state index in [0.29, 0.717) is 5.82 Å². The summed E-state index contributed by atoms with van der Waals surface area (Å²) in [4.78, 5) is 7.53. The minimum Gasteiger partial charge on any atom is -0.382 e. The zero-order valence-corrected chi connectivity index (χ0v) is 14.5. The zero-order chi connectivity index (χ0) is 14.8. The van der Waals surface area contributed by atoms with Gasteiger partial charge in [-0.05, 0) is 51.2 Å². The molecule has 0 aliphatic heterocycles. The number of hydrogen-bond acceptors (Lipinski definition) is 6. The lowest BCUT2D eigenvalue weighted by molar-refractivity contribution is 0.954. The quantitative estimate of drug-likeness (QED) is 0.734. The van der Waals surface area contributed by atoms with E-state index in [1.54, 1.807) is 23.7 Å². The topological polar surface area (TPSA) is 55.0 Å². The van der Waals surface area contributed by atoms with Gasteiger partial charge in [0.15, 0.2) is 0 Å². The molecule has 21 heavy (non-hydrogen) atoms. The van der Waals surface area contributed by atoms with Crippen LogP contribution >= 0.6 is 38.8 Å². The minimum absolute atomic E-state index is 0.570. The van der Waals surface area contributed by atoms with Crippen molar-refractivity contribution in [3.05, 3.63) is 45.3 Å². The van der Waals surface area contributed by atoms with Crippen molar-refractivity contribution in [2.45, 2.75) is 6.54 Å². The highest BCUT2D eigenvalue weighted by molar-refractivity contribution is 9.10. The number of rotatable bonds is 4. The van der Waals surface area contributed by atoms with Crippen LogP contribution in [0.1, 0.15) is 4.88 Å². The van der Waals surface area contributed by atoms with E-state index in [-0.39, 0.29) is 0 Å². The normalized spacial score (nSPS) is 10.8. The summed E-state index contributed by atoms with van der Waals surface area (Å²) in [6, 6.07) is 6.05. The van der Waals surface area contributed by atoms with Gasteiger partial charge in [-0.15, -0.1) is 11.3 Å². The summed E-state index contributed by atoms with van der Waals surface area (Å²) in [7, 11) is 2.06. The Morgan fingerprint density at radius 2 is 2.10 bits per heavy atom. The van der Waals surface area contributed by atoms with Crippen molar-refractivity contribution in [1.82, 2.24) is 9.36 Å². The second kappa shape index (κ2) is 6.13. The van der Waals surface area contributed by atoms with Crippen molar-refractivity contribution in [2.24, 2.45) is 0 Å². The van der Waals surface area contributed by atoms with Gasteiger partial charge in [0, 0.05) is 34.2 Å². The first-order valence-electron chi connectivity index (χ1n) is 6.24. The van der Waals surface area contributed by atoms with Crippen LogP contribution in [0.2, 0.25) is 0 Å². The number of nitrogens with two attached hydrogens (primary N) is 1. The third-order valence-electron chi connectivity index (χ3n) is 3.03. The molecule has 0 spiro atoms. The molecule has 0 saturated carbocycles. The van der Waals surface area contributed by atoms with Gasteiger partial charge in [0.2, 0.25) is 0 Å². The van der Waals surface area contributed by atoms with Crippen molar-refractivity contribution in [3.63, 3.8) is 0 Å². The van der Waals surface area contributed by atoms with Crippen molar-refractivity contribution in [1.29, 1.82) is 0 Å². The van der Waals surface area contributed by atoms with E-state index in [2.05, 4.69) is 48.7 Å². The monoisotopic (exact) mass is 380 g/mol. The Hall–Kier alpha value is -1.44. The third-order valence-corrected chi connectivity index (χ3v) is 5.69. The van der Waals surface area contributed by atoms with Crippen LogP contribution in [0.5, 0.6) is 0 Å². The molecule has 108 valence electrons. The molecule has 0 radical (unpaired) electrons. The van der Waals surface area contributed by atoms with Crippen LogP contribution in [0.4, 0.5) is 10.8 Å². The Bertz CT molecular complexity index is 739. The Morgan fingerprint density at radius 1 is 1.33 bits per heavy atom. The summed E-state index contributed by atoms with van der Waals surface area (Å²) < 4.78 is 5.43. The lowest BCUT2D eigenvalue weighted by Gasteiger charge is -2.17. The predicted molar refractivity (Wildman–Crippen MR) is 93.9 cm³/mol. The van der Waals surface area contributed by atoms with Crippen LogP contribution < -0.4 is 10.6 Å². The number of aromatic nitrogens is 2. The van der Waals surface area contributed by atoms with E-state index < -0.39 is 0 Å². The highest BCUT2D eigenvalue weighted by atomic mass is 79.9. The average Bonchev–Trinajstić information content (AvgIpc) is 3.06. The first-order valence-corrected chi connectivity index (χ1v) is 8.69. The predicted octanol–water partition coefficient (Wildman–Crippen LogP) is 4.25. The van der Waals surface area contributed by atoms with Crippen molar-refractivity contribution < 1.29 is 0 Å². The minimum atomic E-state index is 0.570. The van der Waals surface area contributed by atoms with Gasteiger partial charge in [0.1, 0.15) is 10.8 Å². The summed E-state index contributed by atoms with van der Waals surface area (Å²) in [5.74, 6) is 0.570. The molecule has 3 aromatic heterocycles. The third kappa shape index (κ3) is 3.09. The van der Waals surface area contributed by atoms with Gasteiger partial charge in [-0.25, -0.2) is 0 Å². The number of hydrogen-bond donors (Lipinski definition) is 1. The number of anilines is 2. The molecule has 2 N–H and O–H groups in total. The molecule has 3 heterocycles. The van der Waals surface area contributed by atoms with Crippen LogP contribution in [0.3, 0.4) is 0 Å². The average molecular weight is 381 g/mol. The van der Waals surface area contributed by atoms with Gasteiger partial charge >= 0.3 is 0 Å². The molecule has 0 unspecified atom stereocenters.